The number of likely N-dealkylation sites (tertiary alicyclic amines) is 1. The van der Waals surface area contributed by atoms with Gasteiger partial charge in [-0.05, 0) is 43.0 Å². The zero-order valence-electron chi connectivity index (χ0n) is 17.1. The largest absolute Gasteiger partial charge is 0.349 e. The maximum absolute atomic E-state index is 12.7. The van der Waals surface area contributed by atoms with Crippen LogP contribution in [0.15, 0.2) is 54.6 Å². The summed E-state index contributed by atoms with van der Waals surface area (Å²) >= 11 is 0. The van der Waals surface area contributed by atoms with Crippen molar-refractivity contribution in [2.24, 2.45) is 11.8 Å². The average Bonchev–Trinajstić information content (AvgIpc) is 3.53. The minimum Gasteiger partial charge on any atom is -0.349 e. The van der Waals surface area contributed by atoms with E-state index in [-0.39, 0.29) is 42.0 Å². The van der Waals surface area contributed by atoms with E-state index < -0.39 is 0 Å². The third kappa shape index (κ3) is 4.87. The minimum absolute atomic E-state index is 0.0161. The van der Waals surface area contributed by atoms with Crippen molar-refractivity contribution < 1.29 is 14.4 Å². The van der Waals surface area contributed by atoms with Crippen LogP contribution in [0.2, 0.25) is 0 Å². The molecule has 1 saturated heterocycles. The first-order valence-corrected chi connectivity index (χ1v) is 10.5. The fourth-order valence-corrected chi connectivity index (χ4v) is 3.76. The number of carbonyl (C=O) groups is 3. The quantitative estimate of drug-likeness (QED) is 0.742. The summed E-state index contributed by atoms with van der Waals surface area (Å²) in [5.74, 6) is -0.172. The highest BCUT2D eigenvalue weighted by Gasteiger charge is 2.34. The first-order valence-electron chi connectivity index (χ1n) is 10.5. The lowest BCUT2D eigenvalue weighted by atomic mass is 10.0. The highest BCUT2D eigenvalue weighted by Crippen LogP contribution is 2.30. The van der Waals surface area contributed by atoms with Crippen molar-refractivity contribution in [3.8, 4) is 0 Å². The monoisotopic (exact) mass is 405 g/mol. The van der Waals surface area contributed by atoms with Gasteiger partial charge >= 0.3 is 0 Å². The summed E-state index contributed by atoms with van der Waals surface area (Å²) in [6, 6.07) is 17.2. The highest BCUT2D eigenvalue weighted by atomic mass is 16.2. The molecule has 3 amide bonds. The molecule has 2 unspecified atom stereocenters. The summed E-state index contributed by atoms with van der Waals surface area (Å²) < 4.78 is 0. The van der Waals surface area contributed by atoms with Gasteiger partial charge in [0.25, 0.3) is 0 Å². The summed E-state index contributed by atoms with van der Waals surface area (Å²) in [7, 11) is 0. The highest BCUT2D eigenvalue weighted by molar-refractivity contribution is 5.94. The van der Waals surface area contributed by atoms with E-state index in [1.54, 1.807) is 4.90 Å². The van der Waals surface area contributed by atoms with Crippen LogP contribution in [-0.4, -0.2) is 29.2 Å². The molecule has 4 rings (SSSR count). The van der Waals surface area contributed by atoms with E-state index in [0.717, 1.165) is 29.7 Å². The van der Waals surface area contributed by atoms with E-state index >= 15 is 0 Å². The lowest BCUT2D eigenvalue weighted by molar-refractivity contribution is -0.129. The first-order chi connectivity index (χ1) is 14.5. The SMILES string of the molecule is CC(NC(=O)C1CC(=O)N(Cc2ccccc2)C1)c1ccc(NC(=O)C2CC2)cc1. The fourth-order valence-electron chi connectivity index (χ4n) is 3.76. The molecule has 0 spiro atoms. The van der Waals surface area contributed by atoms with Crippen molar-refractivity contribution >= 4 is 23.4 Å². The number of hydrogen-bond acceptors (Lipinski definition) is 3. The molecule has 1 heterocycles. The lowest BCUT2D eigenvalue weighted by Crippen LogP contribution is -2.34. The van der Waals surface area contributed by atoms with Crippen LogP contribution in [0.4, 0.5) is 5.69 Å². The average molecular weight is 405 g/mol. The topological polar surface area (TPSA) is 78.5 Å². The summed E-state index contributed by atoms with van der Waals surface area (Å²) in [6.07, 6.45) is 2.19. The summed E-state index contributed by atoms with van der Waals surface area (Å²) in [4.78, 5) is 38.7. The molecule has 2 fully saturated rings. The van der Waals surface area contributed by atoms with Gasteiger partial charge in [-0.1, -0.05) is 42.5 Å². The van der Waals surface area contributed by atoms with Gasteiger partial charge in [0.05, 0.1) is 12.0 Å². The molecule has 0 bridgehead atoms. The van der Waals surface area contributed by atoms with E-state index in [1.165, 1.54) is 0 Å². The van der Waals surface area contributed by atoms with Crippen LogP contribution in [0, 0.1) is 11.8 Å². The van der Waals surface area contributed by atoms with Gasteiger partial charge in [0.1, 0.15) is 0 Å². The molecule has 30 heavy (non-hydrogen) atoms. The van der Waals surface area contributed by atoms with Gasteiger partial charge in [-0.3, -0.25) is 14.4 Å². The zero-order valence-corrected chi connectivity index (χ0v) is 17.1. The molecule has 6 heteroatoms. The predicted octanol–water partition coefficient (Wildman–Crippen LogP) is 3.26. The molecule has 1 aliphatic heterocycles. The molecule has 2 aromatic carbocycles. The van der Waals surface area contributed by atoms with Crippen molar-refractivity contribution in [2.45, 2.75) is 38.8 Å². The molecule has 2 atom stereocenters. The Hall–Kier alpha value is -3.15. The fraction of sp³-hybridized carbons (Fsp3) is 0.375. The summed E-state index contributed by atoms with van der Waals surface area (Å²) in [6.45, 7) is 2.90. The van der Waals surface area contributed by atoms with Crippen LogP contribution in [0.5, 0.6) is 0 Å². The van der Waals surface area contributed by atoms with Gasteiger partial charge in [-0.2, -0.15) is 0 Å². The number of nitrogens with one attached hydrogen (secondary N) is 2. The Balaban J connectivity index is 1.29. The normalized spacial score (nSPS) is 19.4. The first kappa shape index (κ1) is 20.1. The second-order valence-electron chi connectivity index (χ2n) is 8.28. The molecule has 0 aromatic heterocycles. The molecule has 2 aromatic rings. The summed E-state index contributed by atoms with van der Waals surface area (Å²) in [5.41, 5.74) is 2.79. The Morgan fingerprint density at radius 2 is 1.70 bits per heavy atom. The van der Waals surface area contributed by atoms with Gasteiger partial charge in [0, 0.05) is 31.1 Å². The molecule has 0 radical (unpaired) electrons. The Bertz CT molecular complexity index is 922. The molecular weight excluding hydrogens is 378 g/mol. The molecule has 1 aliphatic carbocycles. The van der Waals surface area contributed by atoms with E-state index in [2.05, 4.69) is 10.6 Å². The van der Waals surface area contributed by atoms with Crippen LogP contribution in [0.25, 0.3) is 0 Å². The molecule has 156 valence electrons. The molecule has 2 N–H and O–H groups in total. The van der Waals surface area contributed by atoms with Crippen molar-refractivity contribution in [1.82, 2.24) is 10.2 Å². The third-order valence-corrected chi connectivity index (χ3v) is 5.79. The van der Waals surface area contributed by atoms with Crippen LogP contribution < -0.4 is 10.6 Å². The van der Waals surface area contributed by atoms with Crippen LogP contribution in [-0.2, 0) is 20.9 Å². The minimum atomic E-state index is -0.333. The van der Waals surface area contributed by atoms with Crippen molar-refractivity contribution in [3.63, 3.8) is 0 Å². The molecule has 1 saturated carbocycles. The number of rotatable bonds is 7. The van der Waals surface area contributed by atoms with Gasteiger partial charge in [-0.25, -0.2) is 0 Å². The maximum atomic E-state index is 12.7. The Labute approximate surface area is 176 Å². The molecule has 2 aliphatic rings. The van der Waals surface area contributed by atoms with Crippen molar-refractivity contribution in [1.29, 1.82) is 0 Å². The van der Waals surface area contributed by atoms with Crippen molar-refractivity contribution in [3.05, 3.63) is 65.7 Å². The second kappa shape index (κ2) is 8.69. The Morgan fingerprint density at radius 3 is 2.37 bits per heavy atom. The molecular formula is C24H27N3O3. The van der Waals surface area contributed by atoms with Crippen molar-refractivity contribution in [2.75, 3.05) is 11.9 Å². The number of amides is 3. The Kier molecular flexibility index (Phi) is 5.84. The van der Waals surface area contributed by atoms with Gasteiger partial charge in [0.2, 0.25) is 17.7 Å². The maximum Gasteiger partial charge on any atom is 0.227 e. The zero-order chi connectivity index (χ0) is 21.1. The van der Waals surface area contributed by atoms with Crippen LogP contribution in [0.3, 0.4) is 0 Å². The van der Waals surface area contributed by atoms with E-state index in [1.807, 2.05) is 61.5 Å². The third-order valence-electron chi connectivity index (χ3n) is 5.79. The number of anilines is 1. The Morgan fingerprint density at radius 1 is 1.00 bits per heavy atom. The van der Waals surface area contributed by atoms with Gasteiger partial charge in [-0.15, -0.1) is 0 Å². The van der Waals surface area contributed by atoms with Gasteiger partial charge in [0.15, 0.2) is 0 Å². The standard InChI is InChI=1S/C24H27N3O3/c1-16(18-9-11-21(12-10-18)26-23(29)19-7-8-19)25-24(30)20-13-22(28)27(15-20)14-17-5-3-2-4-6-17/h2-6,9-12,16,19-20H,7-8,13-15H2,1H3,(H,25,30)(H,26,29). The number of carbonyl (C=O) groups excluding carboxylic acids is 3. The number of nitrogens with zero attached hydrogens (tertiary/aromatic N) is 1. The second-order valence-corrected chi connectivity index (χ2v) is 8.28. The van der Waals surface area contributed by atoms with Crippen LogP contribution in [0.1, 0.15) is 43.4 Å². The molecule has 6 nitrogen and oxygen atoms in total. The number of hydrogen-bond donors (Lipinski definition) is 2. The predicted molar refractivity (Wildman–Crippen MR) is 114 cm³/mol. The van der Waals surface area contributed by atoms with E-state index in [0.29, 0.717) is 13.1 Å². The lowest BCUT2D eigenvalue weighted by Gasteiger charge is -2.19. The number of benzene rings is 2. The van der Waals surface area contributed by atoms with E-state index in [4.69, 9.17) is 0 Å². The smallest absolute Gasteiger partial charge is 0.227 e. The van der Waals surface area contributed by atoms with Gasteiger partial charge < -0.3 is 15.5 Å². The van der Waals surface area contributed by atoms with Crippen LogP contribution >= 0.6 is 0 Å². The summed E-state index contributed by atoms with van der Waals surface area (Å²) in [5, 5.41) is 5.94. The van der Waals surface area contributed by atoms with E-state index in [9.17, 15) is 14.4 Å².